The summed E-state index contributed by atoms with van der Waals surface area (Å²) in [5.41, 5.74) is 3.04. The van der Waals surface area contributed by atoms with Crippen LogP contribution in [0, 0.1) is 0 Å². The molecule has 0 bridgehead atoms. The van der Waals surface area contributed by atoms with E-state index in [1.165, 1.54) is 4.90 Å². The van der Waals surface area contributed by atoms with Crippen LogP contribution in [0.1, 0.15) is 25.3 Å². The number of aromatic nitrogens is 1. The molecule has 30 heavy (non-hydrogen) atoms. The van der Waals surface area contributed by atoms with Crippen LogP contribution in [0.4, 0.5) is 11.4 Å². The first-order valence-corrected chi connectivity index (χ1v) is 10.8. The molecular weight excluding hydrogens is 398 g/mol. The second-order valence-corrected chi connectivity index (χ2v) is 8.09. The monoisotopic (exact) mass is 421 g/mol. The second-order valence-electron chi connectivity index (χ2n) is 7.14. The number of rotatable bonds is 6. The molecule has 0 saturated heterocycles. The average Bonchev–Trinajstić information content (AvgIpc) is 3.22. The molecule has 3 aromatic rings. The summed E-state index contributed by atoms with van der Waals surface area (Å²) in [5.74, 6) is 0.0775. The summed E-state index contributed by atoms with van der Waals surface area (Å²) < 4.78 is 5.61. The summed E-state index contributed by atoms with van der Waals surface area (Å²) in [7, 11) is 0. The molecule has 1 aliphatic rings. The largest absolute Gasteiger partial charge is 0.482 e. The number of amides is 2. The maximum Gasteiger partial charge on any atom is 0.265 e. The van der Waals surface area contributed by atoms with Gasteiger partial charge in [-0.2, -0.15) is 0 Å². The first-order valence-electron chi connectivity index (χ1n) is 9.96. The molecule has 6 nitrogen and oxygen atoms in total. The lowest BCUT2D eigenvalue weighted by atomic mass is 10.1. The summed E-state index contributed by atoms with van der Waals surface area (Å²) in [5, 5.41) is 5.98. The first kappa shape index (κ1) is 20.1. The molecule has 2 amide bonds. The molecule has 0 radical (unpaired) electrons. The van der Waals surface area contributed by atoms with Crippen LogP contribution < -0.4 is 15.0 Å². The minimum atomic E-state index is -0.693. The molecule has 1 atom stereocenters. The zero-order valence-corrected chi connectivity index (χ0v) is 17.7. The van der Waals surface area contributed by atoms with E-state index in [4.69, 9.17) is 9.72 Å². The third kappa shape index (κ3) is 4.07. The fourth-order valence-electron chi connectivity index (χ4n) is 3.41. The van der Waals surface area contributed by atoms with E-state index in [2.05, 4.69) is 12.2 Å². The maximum absolute atomic E-state index is 12.8. The molecule has 1 unspecified atom stereocenters. The highest BCUT2D eigenvalue weighted by atomic mass is 32.1. The van der Waals surface area contributed by atoms with Crippen molar-refractivity contribution < 1.29 is 14.3 Å². The molecule has 0 aliphatic carbocycles. The van der Waals surface area contributed by atoms with E-state index in [9.17, 15) is 9.59 Å². The van der Waals surface area contributed by atoms with Crippen LogP contribution in [0.15, 0.2) is 53.9 Å². The van der Waals surface area contributed by atoms with E-state index in [0.29, 0.717) is 17.1 Å². The predicted octanol–water partition coefficient (Wildman–Crippen LogP) is 4.52. The third-order valence-corrected chi connectivity index (χ3v) is 5.87. The van der Waals surface area contributed by atoms with Gasteiger partial charge in [0.2, 0.25) is 5.91 Å². The van der Waals surface area contributed by atoms with Crippen molar-refractivity contribution in [1.82, 2.24) is 4.98 Å². The standard InChI is InChI=1S/C23H23N3O3S/c1-3-7-21-25-18(14-30-21)16-10-11-20-19(12-16)26(22(27)13-29-20)15(2)23(28)24-17-8-5-4-6-9-17/h4-6,8-12,14-15H,3,7,13H2,1-2H3,(H,24,28). The molecule has 1 aromatic heterocycles. The Bertz CT molecular complexity index is 1060. The SMILES string of the molecule is CCCc1nc(-c2ccc3c(c2)N(C(C)C(=O)Nc2ccccc2)C(=O)CO3)cs1. The van der Waals surface area contributed by atoms with Crippen LogP contribution in [-0.4, -0.2) is 29.4 Å². The number of aryl methyl sites for hydroxylation is 1. The predicted molar refractivity (Wildman–Crippen MR) is 119 cm³/mol. The lowest BCUT2D eigenvalue weighted by Crippen LogP contribution is -2.49. The number of para-hydroxylation sites is 1. The smallest absolute Gasteiger partial charge is 0.265 e. The molecular formula is C23H23N3O3S. The summed E-state index contributed by atoms with van der Waals surface area (Å²) in [6.45, 7) is 3.76. The number of thiazole rings is 1. The Labute approximate surface area is 179 Å². The minimum absolute atomic E-state index is 0.0906. The molecule has 2 aromatic carbocycles. The summed E-state index contributed by atoms with van der Waals surface area (Å²) in [6.07, 6.45) is 1.99. The molecule has 7 heteroatoms. The fraction of sp³-hybridized carbons (Fsp3) is 0.261. The van der Waals surface area contributed by atoms with E-state index in [1.54, 1.807) is 18.3 Å². The number of nitrogens with zero attached hydrogens (tertiary/aromatic N) is 2. The molecule has 0 spiro atoms. The fourth-order valence-corrected chi connectivity index (χ4v) is 4.32. The van der Waals surface area contributed by atoms with Crippen molar-refractivity contribution in [3.8, 4) is 17.0 Å². The van der Waals surface area contributed by atoms with Crippen molar-refractivity contribution in [3.63, 3.8) is 0 Å². The highest BCUT2D eigenvalue weighted by Gasteiger charge is 2.33. The molecule has 1 aliphatic heterocycles. The van der Waals surface area contributed by atoms with Crippen LogP contribution in [0.2, 0.25) is 0 Å². The normalized spacial score (nSPS) is 14.1. The molecule has 1 N–H and O–H groups in total. The van der Waals surface area contributed by atoms with E-state index in [0.717, 1.165) is 29.1 Å². The van der Waals surface area contributed by atoms with Gasteiger partial charge in [-0.3, -0.25) is 14.5 Å². The van der Waals surface area contributed by atoms with Gasteiger partial charge >= 0.3 is 0 Å². The van der Waals surface area contributed by atoms with Gasteiger partial charge in [0.25, 0.3) is 5.91 Å². The molecule has 2 heterocycles. The number of benzene rings is 2. The van der Waals surface area contributed by atoms with Gasteiger partial charge in [0, 0.05) is 16.6 Å². The molecule has 0 fully saturated rings. The quantitative estimate of drug-likeness (QED) is 0.635. The third-order valence-electron chi connectivity index (χ3n) is 4.96. The summed E-state index contributed by atoms with van der Waals surface area (Å²) >= 11 is 1.63. The highest BCUT2D eigenvalue weighted by molar-refractivity contribution is 7.09. The number of hydrogen-bond acceptors (Lipinski definition) is 5. The highest BCUT2D eigenvalue weighted by Crippen LogP contribution is 2.37. The number of nitrogens with one attached hydrogen (secondary N) is 1. The van der Waals surface area contributed by atoms with Crippen molar-refractivity contribution >= 4 is 34.5 Å². The number of carbonyl (C=O) groups excluding carboxylic acids is 2. The summed E-state index contributed by atoms with van der Waals surface area (Å²) in [6, 6.07) is 14.2. The van der Waals surface area contributed by atoms with Crippen LogP contribution in [0.3, 0.4) is 0 Å². The van der Waals surface area contributed by atoms with E-state index in [-0.39, 0.29) is 18.4 Å². The Hall–Kier alpha value is -3.19. The average molecular weight is 422 g/mol. The minimum Gasteiger partial charge on any atom is -0.482 e. The molecule has 4 rings (SSSR count). The van der Waals surface area contributed by atoms with Crippen LogP contribution in [0.25, 0.3) is 11.3 Å². The van der Waals surface area contributed by atoms with E-state index < -0.39 is 6.04 Å². The Balaban J connectivity index is 1.63. The van der Waals surface area contributed by atoms with Gasteiger partial charge in [-0.25, -0.2) is 4.98 Å². The van der Waals surface area contributed by atoms with Crippen LogP contribution in [0.5, 0.6) is 5.75 Å². The number of carbonyl (C=O) groups is 2. The van der Waals surface area contributed by atoms with Gasteiger partial charge in [-0.05, 0) is 50.1 Å². The number of fused-ring (bicyclic) bond motifs is 1. The zero-order valence-electron chi connectivity index (χ0n) is 16.9. The van der Waals surface area contributed by atoms with Gasteiger partial charge in [-0.15, -0.1) is 11.3 Å². The van der Waals surface area contributed by atoms with Gasteiger partial charge in [0.05, 0.1) is 16.4 Å². The van der Waals surface area contributed by atoms with Crippen LogP contribution in [-0.2, 0) is 16.0 Å². The lowest BCUT2D eigenvalue weighted by molar-refractivity contribution is -0.125. The lowest BCUT2D eigenvalue weighted by Gasteiger charge is -2.33. The van der Waals surface area contributed by atoms with Gasteiger partial charge < -0.3 is 10.1 Å². The summed E-state index contributed by atoms with van der Waals surface area (Å²) in [4.78, 5) is 31.7. The molecule has 0 saturated carbocycles. The Morgan fingerprint density at radius 3 is 2.83 bits per heavy atom. The molecule has 154 valence electrons. The van der Waals surface area contributed by atoms with Crippen molar-refractivity contribution in [2.24, 2.45) is 0 Å². The maximum atomic E-state index is 12.8. The van der Waals surface area contributed by atoms with Crippen molar-refractivity contribution in [1.29, 1.82) is 0 Å². The van der Waals surface area contributed by atoms with E-state index in [1.807, 2.05) is 53.9 Å². The topological polar surface area (TPSA) is 71.5 Å². The second kappa shape index (κ2) is 8.67. The number of hydrogen-bond donors (Lipinski definition) is 1. The van der Waals surface area contributed by atoms with Gasteiger partial charge in [-0.1, -0.05) is 25.1 Å². The van der Waals surface area contributed by atoms with Crippen LogP contribution >= 0.6 is 11.3 Å². The zero-order chi connectivity index (χ0) is 21.1. The van der Waals surface area contributed by atoms with Crippen molar-refractivity contribution in [3.05, 3.63) is 58.9 Å². The Kier molecular flexibility index (Phi) is 5.81. The van der Waals surface area contributed by atoms with Gasteiger partial charge in [0.15, 0.2) is 6.61 Å². The van der Waals surface area contributed by atoms with Gasteiger partial charge in [0.1, 0.15) is 11.8 Å². The Morgan fingerprint density at radius 1 is 1.27 bits per heavy atom. The number of anilines is 2. The first-order chi connectivity index (χ1) is 14.6. The van der Waals surface area contributed by atoms with E-state index >= 15 is 0 Å². The van der Waals surface area contributed by atoms with Crippen molar-refractivity contribution in [2.75, 3.05) is 16.8 Å². The number of ether oxygens (including phenoxy) is 1. The van der Waals surface area contributed by atoms with Crippen molar-refractivity contribution in [2.45, 2.75) is 32.7 Å². The Morgan fingerprint density at radius 2 is 2.07 bits per heavy atom.